The van der Waals surface area contributed by atoms with Crippen LogP contribution in [0.15, 0.2) is 23.6 Å². The fourth-order valence-corrected chi connectivity index (χ4v) is 2.54. The third-order valence-electron chi connectivity index (χ3n) is 2.33. The molecule has 0 unspecified atom stereocenters. The summed E-state index contributed by atoms with van der Waals surface area (Å²) < 4.78 is 10.5. The highest BCUT2D eigenvalue weighted by atomic mass is 35.5. The molecule has 0 spiro atoms. The van der Waals surface area contributed by atoms with Crippen LogP contribution >= 0.6 is 22.9 Å². The van der Waals surface area contributed by atoms with Gasteiger partial charge in [0.25, 0.3) is 0 Å². The molecule has 0 atom stereocenters. The summed E-state index contributed by atoms with van der Waals surface area (Å²) >= 11 is 7.29. The molecule has 90 valence electrons. The molecule has 0 bridgehead atoms. The number of methoxy groups -OCH3 is 2. The minimum absolute atomic E-state index is 0.419. The topological polar surface area (TPSA) is 31.4 Å². The summed E-state index contributed by atoms with van der Waals surface area (Å²) in [7, 11) is 3.28. The van der Waals surface area contributed by atoms with E-state index in [1.54, 1.807) is 25.6 Å². The van der Waals surface area contributed by atoms with Gasteiger partial charge in [0.05, 0.1) is 31.4 Å². The lowest BCUT2D eigenvalue weighted by Crippen LogP contribution is -1.90. The number of hydrogen-bond acceptors (Lipinski definition) is 4. The Morgan fingerprint density at radius 2 is 2.12 bits per heavy atom. The minimum Gasteiger partial charge on any atom is -0.497 e. The predicted molar refractivity (Wildman–Crippen MR) is 70.2 cm³/mol. The molecule has 0 fully saturated rings. The average Bonchev–Trinajstić information content (AvgIpc) is 2.86. The van der Waals surface area contributed by atoms with Crippen LogP contribution in [0.25, 0.3) is 10.6 Å². The lowest BCUT2D eigenvalue weighted by Gasteiger charge is -2.08. The molecule has 1 heterocycles. The van der Waals surface area contributed by atoms with Crippen LogP contribution in [0.1, 0.15) is 5.69 Å². The van der Waals surface area contributed by atoms with Gasteiger partial charge in [-0.15, -0.1) is 22.9 Å². The van der Waals surface area contributed by atoms with Crippen LogP contribution in [0.5, 0.6) is 11.5 Å². The molecular weight excluding hydrogens is 258 g/mol. The molecule has 0 aliphatic carbocycles. The van der Waals surface area contributed by atoms with Crippen LogP contribution in [0.4, 0.5) is 0 Å². The molecule has 3 nitrogen and oxygen atoms in total. The third kappa shape index (κ3) is 2.53. The van der Waals surface area contributed by atoms with Crippen LogP contribution in [-0.2, 0) is 5.88 Å². The maximum atomic E-state index is 5.75. The van der Waals surface area contributed by atoms with E-state index in [9.17, 15) is 0 Å². The number of halogens is 1. The van der Waals surface area contributed by atoms with Gasteiger partial charge in [0.2, 0.25) is 0 Å². The molecule has 0 aliphatic heterocycles. The molecular formula is C12H12ClNO2S. The van der Waals surface area contributed by atoms with Crippen LogP contribution in [0.2, 0.25) is 0 Å². The second kappa shape index (κ2) is 5.38. The predicted octanol–water partition coefficient (Wildman–Crippen LogP) is 3.57. The van der Waals surface area contributed by atoms with Crippen LogP contribution in [0, 0.1) is 0 Å². The summed E-state index contributed by atoms with van der Waals surface area (Å²) in [5.74, 6) is 1.98. The summed E-state index contributed by atoms with van der Waals surface area (Å²) in [6.45, 7) is 0. The molecule has 17 heavy (non-hydrogen) atoms. The molecule has 2 rings (SSSR count). The Hall–Kier alpha value is -1.26. The summed E-state index contributed by atoms with van der Waals surface area (Å²) in [6, 6.07) is 5.64. The van der Waals surface area contributed by atoms with Gasteiger partial charge in [0.1, 0.15) is 16.5 Å². The van der Waals surface area contributed by atoms with Gasteiger partial charge in [-0.25, -0.2) is 4.98 Å². The standard InChI is InChI=1S/C12H12ClNO2S/c1-15-9-3-4-11(16-2)10(5-9)12-14-8(6-13)7-17-12/h3-5,7H,6H2,1-2H3. The third-order valence-corrected chi connectivity index (χ3v) is 3.52. The van der Waals surface area contributed by atoms with Crippen LogP contribution < -0.4 is 9.47 Å². The number of aromatic nitrogens is 1. The summed E-state index contributed by atoms with van der Waals surface area (Å²) in [4.78, 5) is 4.43. The van der Waals surface area contributed by atoms with Crippen molar-refractivity contribution in [2.24, 2.45) is 0 Å². The number of thiazole rings is 1. The van der Waals surface area contributed by atoms with E-state index in [-0.39, 0.29) is 0 Å². The number of hydrogen-bond donors (Lipinski definition) is 0. The highest BCUT2D eigenvalue weighted by Gasteiger charge is 2.11. The SMILES string of the molecule is COc1ccc(OC)c(-c2nc(CCl)cs2)c1. The van der Waals surface area contributed by atoms with E-state index in [4.69, 9.17) is 21.1 Å². The van der Waals surface area contributed by atoms with Crippen molar-refractivity contribution >= 4 is 22.9 Å². The molecule has 5 heteroatoms. The molecule has 0 amide bonds. The van der Waals surface area contributed by atoms with Gasteiger partial charge in [-0.3, -0.25) is 0 Å². The Kier molecular flexibility index (Phi) is 3.86. The van der Waals surface area contributed by atoms with E-state index in [0.717, 1.165) is 27.8 Å². The molecule has 0 saturated heterocycles. The van der Waals surface area contributed by atoms with Crippen LogP contribution in [0.3, 0.4) is 0 Å². The number of alkyl halides is 1. The van der Waals surface area contributed by atoms with Crippen molar-refractivity contribution in [2.75, 3.05) is 14.2 Å². The van der Waals surface area contributed by atoms with E-state index in [2.05, 4.69) is 4.98 Å². The van der Waals surface area contributed by atoms with E-state index in [0.29, 0.717) is 5.88 Å². The Balaban J connectivity index is 2.47. The van der Waals surface area contributed by atoms with Crippen LogP contribution in [-0.4, -0.2) is 19.2 Å². The fourth-order valence-electron chi connectivity index (χ4n) is 1.47. The minimum atomic E-state index is 0.419. The van der Waals surface area contributed by atoms with Gasteiger partial charge in [-0.2, -0.15) is 0 Å². The zero-order valence-electron chi connectivity index (χ0n) is 9.57. The number of ether oxygens (including phenoxy) is 2. The van der Waals surface area contributed by atoms with Crippen molar-refractivity contribution < 1.29 is 9.47 Å². The lowest BCUT2D eigenvalue weighted by atomic mass is 10.2. The zero-order valence-corrected chi connectivity index (χ0v) is 11.1. The molecule has 2 aromatic rings. The second-order valence-electron chi connectivity index (χ2n) is 3.34. The van der Waals surface area contributed by atoms with E-state index in [1.807, 2.05) is 23.6 Å². The zero-order chi connectivity index (χ0) is 12.3. The molecule has 0 radical (unpaired) electrons. The van der Waals surface area contributed by atoms with Gasteiger partial charge in [-0.1, -0.05) is 0 Å². The first-order chi connectivity index (χ1) is 8.28. The average molecular weight is 270 g/mol. The quantitative estimate of drug-likeness (QED) is 0.795. The molecule has 1 aromatic carbocycles. The molecule has 1 aromatic heterocycles. The van der Waals surface area contributed by atoms with Gasteiger partial charge in [0, 0.05) is 5.38 Å². The summed E-state index contributed by atoms with van der Waals surface area (Å²) in [5.41, 5.74) is 1.80. The second-order valence-corrected chi connectivity index (χ2v) is 4.47. The number of benzene rings is 1. The highest BCUT2D eigenvalue weighted by Crippen LogP contribution is 2.35. The molecule has 0 aliphatic rings. The summed E-state index contributed by atoms with van der Waals surface area (Å²) in [6.07, 6.45) is 0. The van der Waals surface area contributed by atoms with Gasteiger partial charge in [-0.05, 0) is 18.2 Å². The first-order valence-corrected chi connectivity index (χ1v) is 6.42. The van der Waals surface area contributed by atoms with E-state index < -0.39 is 0 Å². The van der Waals surface area contributed by atoms with E-state index in [1.165, 1.54) is 0 Å². The van der Waals surface area contributed by atoms with Crippen molar-refractivity contribution in [3.05, 3.63) is 29.3 Å². The Labute approximate surface area is 109 Å². The van der Waals surface area contributed by atoms with Gasteiger partial charge >= 0.3 is 0 Å². The fraction of sp³-hybridized carbons (Fsp3) is 0.250. The van der Waals surface area contributed by atoms with Crippen molar-refractivity contribution in [1.82, 2.24) is 4.98 Å². The maximum absolute atomic E-state index is 5.75. The van der Waals surface area contributed by atoms with Gasteiger partial charge < -0.3 is 9.47 Å². The summed E-state index contributed by atoms with van der Waals surface area (Å²) in [5, 5.41) is 2.83. The highest BCUT2D eigenvalue weighted by molar-refractivity contribution is 7.13. The molecule has 0 N–H and O–H groups in total. The Morgan fingerprint density at radius 3 is 2.71 bits per heavy atom. The Bertz CT molecular complexity index is 513. The van der Waals surface area contributed by atoms with Crippen molar-refractivity contribution in [2.45, 2.75) is 5.88 Å². The smallest absolute Gasteiger partial charge is 0.129 e. The largest absolute Gasteiger partial charge is 0.497 e. The normalized spacial score (nSPS) is 10.3. The number of rotatable bonds is 4. The monoisotopic (exact) mass is 269 g/mol. The van der Waals surface area contributed by atoms with Gasteiger partial charge in [0.15, 0.2) is 0 Å². The number of nitrogens with zero attached hydrogens (tertiary/aromatic N) is 1. The van der Waals surface area contributed by atoms with Crippen molar-refractivity contribution in [1.29, 1.82) is 0 Å². The van der Waals surface area contributed by atoms with Crippen molar-refractivity contribution in [3.8, 4) is 22.1 Å². The first-order valence-electron chi connectivity index (χ1n) is 5.01. The Morgan fingerprint density at radius 1 is 1.29 bits per heavy atom. The maximum Gasteiger partial charge on any atom is 0.129 e. The van der Waals surface area contributed by atoms with Crippen molar-refractivity contribution in [3.63, 3.8) is 0 Å². The first kappa shape index (κ1) is 12.2. The van der Waals surface area contributed by atoms with E-state index >= 15 is 0 Å². The lowest BCUT2D eigenvalue weighted by molar-refractivity contribution is 0.404. The molecule has 0 saturated carbocycles.